The monoisotopic (exact) mass is 473 g/mol. The molecule has 3 rings (SSSR count). The van der Waals surface area contributed by atoms with Gasteiger partial charge in [0.25, 0.3) is 0 Å². The predicted octanol–water partition coefficient (Wildman–Crippen LogP) is 3.83. The molecule has 1 amide bonds. The van der Waals surface area contributed by atoms with Crippen molar-refractivity contribution in [3.63, 3.8) is 0 Å². The third-order valence-electron chi connectivity index (χ3n) is 4.00. The number of carbonyl (C=O) groups is 3. The normalized spacial score (nSPS) is 15.2. The summed E-state index contributed by atoms with van der Waals surface area (Å²) >= 11 is 0. The minimum atomic E-state index is -0.773. The fourth-order valence-corrected chi connectivity index (χ4v) is 2.72. The van der Waals surface area contributed by atoms with Crippen molar-refractivity contribution in [2.24, 2.45) is 0 Å². The number of pyridine rings is 1. The zero-order valence-electron chi connectivity index (χ0n) is 18.5. The second kappa shape index (κ2) is 12.4. The van der Waals surface area contributed by atoms with Crippen LogP contribution in [0.15, 0.2) is 16.7 Å². The van der Waals surface area contributed by atoms with Crippen molar-refractivity contribution in [1.29, 1.82) is 0 Å². The number of hydrogen-bond acceptors (Lipinski definition) is 8. The van der Waals surface area contributed by atoms with Gasteiger partial charge < -0.3 is 24.0 Å². The number of amides is 1. The van der Waals surface area contributed by atoms with Crippen LogP contribution in [-0.2, 0) is 20.7 Å². The van der Waals surface area contributed by atoms with Crippen LogP contribution in [0, 0.1) is 0 Å². The first kappa shape index (κ1) is 27.3. The summed E-state index contributed by atoms with van der Waals surface area (Å²) in [6.07, 6.45) is 1.73. The smallest absolute Gasteiger partial charge is 0.414 e. The molecule has 2 N–H and O–H groups in total. The topological polar surface area (TPSA) is 120 Å². The second-order valence-electron chi connectivity index (χ2n) is 7.80. The van der Waals surface area contributed by atoms with E-state index in [4.69, 9.17) is 13.9 Å². The third kappa shape index (κ3) is 8.08. The van der Waals surface area contributed by atoms with Gasteiger partial charge in [0.05, 0.1) is 6.61 Å². The van der Waals surface area contributed by atoms with Gasteiger partial charge in [-0.15, -0.1) is 12.4 Å². The van der Waals surface area contributed by atoms with Gasteiger partial charge in [0.15, 0.2) is 5.58 Å². The summed E-state index contributed by atoms with van der Waals surface area (Å²) in [5, 5.41) is 5.31. The predicted molar refractivity (Wildman–Crippen MR) is 119 cm³/mol. The molecule has 0 radical (unpaired) electrons. The van der Waals surface area contributed by atoms with Crippen LogP contribution in [0.25, 0.3) is 11.1 Å². The number of alkyl halides is 1. The Hall–Kier alpha value is -2.72. The highest BCUT2D eigenvalue weighted by atomic mass is 35.5. The van der Waals surface area contributed by atoms with E-state index < -0.39 is 23.8 Å². The molecule has 9 nitrogen and oxygen atoms in total. The average molecular weight is 474 g/mol. The summed E-state index contributed by atoms with van der Waals surface area (Å²) < 4.78 is 27.6. The number of carbonyl (C=O) groups excluding carboxylic acids is 3. The number of ether oxygens (including phenoxy) is 2. The maximum Gasteiger partial charge on any atom is 0.414 e. The van der Waals surface area contributed by atoms with Gasteiger partial charge in [-0.1, -0.05) is 0 Å². The number of aromatic nitrogens is 1. The van der Waals surface area contributed by atoms with E-state index in [2.05, 4.69) is 15.6 Å². The van der Waals surface area contributed by atoms with E-state index >= 15 is 0 Å². The lowest BCUT2D eigenvalue weighted by atomic mass is 10.2. The van der Waals surface area contributed by atoms with Crippen molar-refractivity contribution in [2.75, 3.05) is 25.0 Å². The molecular formula is C21H29ClFN3O6. The Kier molecular flexibility index (Phi) is 10.5. The Morgan fingerprint density at radius 2 is 2.12 bits per heavy atom. The van der Waals surface area contributed by atoms with E-state index in [1.165, 1.54) is 6.20 Å². The Balaban J connectivity index is 0.000000631. The number of rotatable bonds is 5. The van der Waals surface area contributed by atoms with Crippen molar-refractivity contribution >= 4 is 47.7 Å². The molecule has 3 heterocycles. The van der Waals surface area contributed by atoms with Gasteiger partial charge in [-0.05, 0) is 52.3 Å². The number of nitrogens with zero attached hydrogens (tertiary/aromatic N) is 1. The van der Waals surface area contributed by atoms with E-state index in [-0.39, 0.29) is 48.0 Å². The lowest BCUT2D eigenvalue weighted by Crippen LogP contribution is -2.27. The highest BCUT2D eigenvalue weighted by molar-refractivity contribution is 6.08. The van der Waals surface area contributed by atoms with Crippen LogP contribution in [0.2, 0.25) is 0 Å². The SMILES string of the molecule is CCOC(=O)c1c(NC(=O)OC(C)(C)C)oc2cc(CC=O)cnc12.Cl.F[C@@H]1CCNC1. The summed E-state index contributed by atoms with van der Waals surface area (Å²) in [6.45, 7) is 8.39. The van der Waals surface area contributed by atoms with Crippen molar-refractivity contribution in [1.82, 2.24) is 10.3 Å². The first-order chi connectivity index (χ1) is 14.6. The van der Waals surface area contributed by atoms with Crippen LogP contribution in [0.1, 0.15) is 50.0 Å². The number of anilines is 1. The van der Waals surface area contributed by atoms with E-state index in [0.717, 1.165) is 12.8 Å². The van der Waals surface area contributed by atoms with E-state index in [0.29, 0.717) is 18.5 Å². The van der Waals surface area contributed by atoms with Gasteiger partial charge in [-0.2, -0.15) is 0 Å². The fourth-order valence-electron chi connectivity index (χ4n) is 2.72. The van der Waals surface area contributed by atoms with Crippen LogP contribution < -0.4 is 10.6 Å². The molecule has 1 aliphatic rings. The highest BCUT2D eigenvalue weighted by Gasteiger charge is 2.26. The van der Waals surface area contributed by atoms with Crippen molar-refractivity contribution in [3.8, 4) is 0 Å². The number of halogens is 2. The minimum absolute atomic E-state index is 0. The Labute approximate surface area is 191 Å². The number of furan rings is 1. The van der Waals surface area contributed by atoms with E-state index in [9.17, 15) is 18.8 Å². The molecule has 0 spiro atoms. The van der Waals surface area contributed by atoms with Gasteiger partial charge in [0.1, 0.15) is 29.1 Å². The number of aldehydes is 1. The lowest BCUT2D eigenvalue weighted by Gasteiger charge is -2.19. The molecule has 1 atom stereocenters. The molecule has 32 heavy (non-hydrogen) atoms. The Morgan fingerprint density at radius 3 is 2.62 bits per heavy atom. The molecule has 0 saturated carbocycles. The van der Waals surface area contributed by atoms with Crippen molar-refractivity contribution in [2.45, 2.75) is 52.3 Å². The quantitative estimate of drug-likeness (QED) is 0.496. The standard InChI is InChI=1S/C17H20N2O6.C4H8FN.ClH/c1-5-23-15(21)12-13-11(8-10(6-7-20)9-18-13)24-14(12)19-16(22)25-17(2,3)4;5-4-1-2-6-3-4;/h7-9H,5-6H2,1-4H3,(H,19,22);4,6H,1-3H2;1H/t;4-;/m.1./s1. The number of hydrogen-bond donors (Lipinski definition) is 2. The van der Waals surface area contributed by atoms with E-state index in [1.54, 1.807) is 33.8 Å². The zero-order valence-corrected chi connectivity index (χ0v) is 19.3. The second-order valence-corrected chi connectivity index (χ2v) is 7.80. The zero-order chi connectivity index (χ0) is 23.0. The first-order valence-electron chi connectivity index (χ1n) is 10.0. The summed E-state index contributed by atoms with van der Waals surface area (Å²) in [5.41, 5.74) is 0.402. The number of nitrogens with one attached hydrogen (secondary N) is 2. The van der Waals surface area contributed by atoms with Crippen LogP contribution in [-0.4, -0.2) is 54.8 Å². The van der Waals surface area contributed by atoms with Crippen LogP contribution in [0.3, 0.4) is 0 Å². The largest absolute Gasteiger partial charge is 0.462 e. The molecule has 1 saturated heterocycles. The fraction of sp³-hybridized carbons (Fsp3) is 0.524. The molecule has 11 heteroatoms. The van der Waals surface area contributed by atoms with Crippen LogP contribution in [0.5, 0.6) is 0 Å². The maximum atomic E-state index is 12.2. The number of fused-ring (bicyclic) bond motifs is 1. The molecule has 0 aromatic carbocycles. The third-order valence-corrected chi connectivity index (χ3v) is 4.00. The van der Waals surface area contributed by atoms with Gasteiger partial charge >= 0.3 is 12.1 Å². The van der Waals surface area contributed by atoms with Crippen molar-refractivity contribution in [3.05, 3.63) is 23.4 Å². The molecule has 2 aromatic heterocycles. The Morgan fingerprint density at radius 1 is 1.41 bits per heavy atom. The maximum absolute atomic E-state index is 12.2. The summed E-state index contributed by atoms with van der Waals surface area (Å²) in [7, 11) is 0. The van der Waals surface area contributed by atoms with Crippen LogP contribution in [0.4, 0.5) is 15.1 Å². The highest BCUT2D eigenvalue weighted by Crippen LogP contribution is 2.30. The Bertz CT molecular complexity index is 922. The summed E-state index contributed by atoms with van der Waals surface area (Å²) in [4.78, 5) is 39.1. The number of esters is 1. The molecule has 1 fully saturated rings. The van der Waals surface area contributed by atoms with Gasteiger partial charge in [-0.3, -0.25) is 10.3 Å². The summed E-state index contributed by atoms with van der Waals surface area (Å²) in [6, 6.07) is 1.58. The van der Waals surface area contributed by atoms with Gasteiger partial charge in [-0.25, -0.2) is 14.0 Å². The molecule has 0 bridgehead atoms. The van der Waals surface area contributed by atoms with Crippen LogP contribution >= 0.6 is 12.4 Å². The van der Waals surface area contributed by atoms with Gasteiger partial charge in [0.2, 0.25) is 5.88 Å². The lowest BCUT2D eigenvalue weighted by molar-refractivity contribution is -0.107. The molecular weight excluding hydrogens is 445 g/mol. The first-order valence-corrected chi connectivity index (χ1v) is 10.0. The molecule has 178 valence electrons. The van der Waals surface area contributed by atoms with Gasteiger partial charge in [0, 0.05) is 19.2 Å². The minimum Gasteiger partial charge on any atom is -0.462 e. The molecule has 2 aromatic rings. The molecule has 0 unspecified atom stereocenters. The van der Waals surface area contributed by atoms with Crippen molar-refractivity contribution < 1.29 is 32.7 Å². The molecule has 0 aliphatic carbocycles. The van der Waals surface area contributed by atoms with E-state index in [1.807, 2.05) is 0 Å². The average Bonchev–Trinajstić information content (AvgIpc) is 3.27. The summed E-state index contributed by atoms with van der Waals surface area (Å²) in [5.74, 6) is -0.790. The molecule has 1 aliphatic heterocycles.